The van der Waals surface area contributed by atoms with E-state index in [1.165, 1.54) is 19.3 Å². The normalized spacial score (nSPS) is 15.9. The Kier molecular flexibility index (Phi) is 5.67. The van der Waals surface area contributed by atoms with Crippen molar-refractivity contribution in [3.8, 4) is 6.07 Å². The summed E-state index contributed by atoms with van der Waals surface area (Å²) in [6, 6.07) is 3.60. The Balaban J connectivity index is 2.06. The summed E-state index contributed by atoms with van der Waals surface area (Å²) in [7, 11) is 0. The summed E-state index contributed by atoms with van der Waals surface area (Å²) in [5.41, 5.74) is 0. The molecular weight excluding hydrogens is 186 g/mol. The Hall–Kier alpha value is -0.590. The van der Waals surface area contributed by atoms with Crippen LogP contribution < -0.4 is 5.32 Å². The van der Waals surface area contributed by atoms with Crippen molar-refractivity contribution in [1.82, 2.24) is 10.2 Å². The molecule has 0 saturated heterocycles. The molecule has 0 spiro atoms. The molecular formula is C12H23N3. The SMILES string of the molecule is CC(C)NCCCN(CCC#N)C1CC1. The first-order chi connectivity index (χ1) is 7.24. The molecule has 1 N–H and O–H groups in total. The third kappa shape index (κ3) is 5.76. The van der Waals surface area contributed by atoms with Crippen LogP contribution in [0.2, 0.25) is 0 Å². The maximum Gasteiger partial charge on any atom is 0.0635 e. The van der Waals surface area contributed by atoms with E-state index < -0.39 is 0 Å². The maximum atomic E-state index is 8.57. The van der Waals surface area contributed by atoms with Gasteiger partial charge < -0.3 is 5.32 Å². The number of nitrogens with zero attached hydrogens (tertiary/aromatic N) is 2. The molecule has 0 bridgehead atoms. The highest BCUT2D eigenvalue weighted by Crippen LogP contribution is 2.26. The number of nitrogens with one attached hydrogen (secondary N) is 1. The Morgan fingerprint density at radius 2 is 2.13 bits per heavy atom. The summed E-state index contributed by atoms with van der Waals surface area (Å²) in [6.07, 6.45) is 4.54. The van der Waals surface area contributed by atoms with E-state index in [-0.39, 0.29) is 0 Å². The minimum atomic E-state index is 0.582. The van der Waals surface area contributed by atoms with E-state index in [1.54, 1.807) is 0 Å². The molecule has 0 heterocycles. The second kappa shape index (κ2) is 6.81. The summed E-state index contributed by atoms with van der Waals surface area (Å²) >= 11 is 0. The number of nitriles is 1. The summed E-state index contributed by atoms with van der Waals surface area (Å²) in [4.78, 5) is 2.48. The first-order valence-electron chi connectivity index (χ1n) is 6.08. The molecule has 15 heavy (non-hydrogen) atoms. The first kappa shape index (κ1) is 12.5. The van der Waals surface area contributed by atoms with Gasteiger partial charge in [-0.1, -0.05) is 13.8 Å². The van der Waals surface area contributed by atoms with Crippen molar-refractivity contribution >= 4 is 0 Å². The topological polar surface area (TPSA) is 39.1 Å². The Labute approximate surface area is 93.5 Å². The van der Waals surface area contributed by atoms with Crippen molar-refractivity contribution in [2.75, 3.05) is 19.6 Å². The molecule has 1 fully saturated rings. The van der Waals surface area contributed by atoms with Crippen LogP contribution in [0.15, 0.2) is 0 Å². The molecule has 1 saturated carbocycles. The summed E-state index contributed by atoms with van der Waals surface area (Å²) in [6.45, 7) is 7.55. The molecule has 3 heteroatoms. The molecule has 0 aromatic rings. The van der Waals surface area contributed by atoms with Crippen molar-refractivity contribution < 1.29 is 0 Å². The van der Waals surface area contributed by atoms with Gasteiger partial charge in [0.1, 0.15) is 0 Å². The van der Waals surface area contributed by atoms with Crippen LogP contribution in [-0.4, -0.2) is 36.6 Å². The molecule has 0 aromatic carbocycles. The van der Waals surface area contributed by atoms with Gasteiger partial charge in [0.15, 0.2) is 0 Å². The lowest BCUT2D eigenvalue weighted by Crippen LogP contribution is -2.31. The largest absolute Gasteiger partial charge is 0.314 e. The third-order valence-electron chi connectivity index (χ3n) is 2.75. The number of rotatable bonds is 8. The summed E-state index contributed by atoms with van der Waals surface area (Å²) in [5, 5.41) is 12.0. The lowest BCUT2D eigenvalue weighted by atomic mass is 10.3. The zero-order chi connectivity index (χ0) is 11.1. The molecule has 1 aliphatic rings. The van der Waals surface area contributed by atoms with Gasteiger partial charge >= 0.3 is 0 Å². The average Bonchev–Trinajstić information content (AvgIpc) is 3.00. The van der Waals surface area contributed by atoms with Crippen LogP contribution >= 0.6 is 0 Å². The second-order valence-electron chi connectivity index (χ2n) is 4.64. The summed E-state index contributed by atoms with van der Waals surface area (Å²) < 4.78 is 0. The van der Waals surface area contributed by atoms with Gasteiger partial charge in [0.05, 0.1) is 6.07 Å². The molecule has 0 radical (unpaired) electrons. The van der Waals surface area contributed by atoms with E-state index in [1.807, 2.05) is 0 Å². The molecule has 0 amide bonds. The monoisotopic (exact) mass is 209 g/mol. The molecule has 86 valence electrons. The lowest BCUT2D eigenvalue weighted by Gasteiger charge is -2.20. The van der Waals surface area contributed by atoms with Gasteiger partial charge in [-0.15, -0.1) is 0 Å². The molecule has 0 aliphatic heterocycles. The first-order valence-corrected chi connectivity index (χ1v) is 6.08. The molecule has 3 nitrogen and oxygen atoms in total. The van der Waals surface area contributed by atoms with Crippen molar-refractivity contribution in [1.29, 1.82) is 5.26 Å². The number of hydrogen-bond donors (Lipinski definition) is 1. The summed E-state index contributed by atoms with van der Waals surface area (Å²) in [5.74, 6) is 0. The van der Waals surface area contributed by atoms with Gasteiger partial charge in [-0.2, -0.15) is 5.26 Å². The van der Waals surface area contributed by atoms with Crippen molar-refractivity contribution in [2.45, 2.75) is 51.6 Å². The predicted octanol–water partition coefficient (Wildman–Crippen LogP) is 1.75. The highest BCUT2D eigenvalue weighted by Gasteiger charge is 2.27. The van der Waals surface area contributed by atoms with Crippen LogP contribution in [0.25, 0.3) is 0 Å². The van der Waals surface area contributed by atoms with E-state index in [0.29, 0.717) is 12.5 Å². The highest BCUT2D eigenvalue weighted by molar-refractivity contribution is 4.86. The zero-order valence-corrected chi connectivity index (χ0v) is 10.00. The van der Waals surface area contributed by atoms with Gasteiger partial charge in [0, 0.05) is 25.0 Å². The van der Waals surface area contributed by atoms with Crippen molar-refractivity contribution in [3.05, 3.63) is 0 Å². The van der Waals surface area contributed by atoms with Crippen LogP contribution in [0.1, 0.15) is 39.5 Å². The standard InChI is InChI=1S/C12H23N3/c1-11(2)14-8-4-10-15(9-3-7-13)12-5-6-12/h11-12,14H,3-6,8-10H2,1-2H3. The predicted molar refractivity (Wildman–Crippen MR) is 62.6 cm³/mol. The van der Waals surface area contributed by atoms with Gasteiger partial charge in [-0.3, -0.25) is 4.90 Å². The van der Waals surface area contributed by atoms with Crippen LogP contribution in [-0.2, 0) is 0 Å². The zero-order valence-electron chi connectivity index (χ0n) is 10.00. The fraction of sp³-hybridized carbons (Fsp3) is 0.917. The maximum absolute atomic E-state index is 8.57. The molecule has 0 aromatic heterocycles. The van der Waals surface area contributed by atoms with Gasteiger partial charge in [0.25, 0.3) is 0 Å². The quantitative estimate of drug-likeness (QED) is 0.619. The highest BCUT2D eigenvalue weighted by atomic mass is 15.2. The fourth-order valence-corrected chi connectivity index (χ4v) is 1.78. The smallest absolute Gasteiger partial charge is 0.0635 e. The molecule has 0 unspecified atom stereocenters. The molecule has 1 rings (SSSR count). The number of hydrogen-bond acceptors (Lipinski definition) is 3. The Morgan fingerprint density at radius 3 is 2.67 bits per heavy atom. The van der Waals surface area contributed by atoms with Crippen molar-refractivity contribution in [3.63, 3.8) is 0 Å². The van der Waals surface area contributed by atoms with E-state index >= 15 is 0 Å². The minimum absolute atomic E-state index is 0.582. The van der Waals surface area contributed by atoms with E-state index in [2.05, 4.69) is 30.1 Å². The van der Waals surface area contributed by atoms with Crippen LogP contribution in [0.5, 0.6) is 0 Å². The fourth-order valence-electron chi connectivity index (χ4n) is 1.78. The van der Waals surface area contributed by atoms with Gasteiger partial charge in [-0.05, 0) is 32.4 Å². The van der Waals surface area contributed by atoms with Crippen LogP contribution in [0.4, 0.5) is 0 Å². The second-order valence-corrected chi connectivity index (χ2v) is 4.64. The van der Waals surface area contributed by atoms with E-state index in [0.717, 1.165) is 25.7 Å². The Bertz CT molecular complexity index is 203. The Morgan fingerprint density at radius 1 is 1.40 bits per heavy atom. The minimum Gasteiger partial charge on any atom is -0.314 e. The molecule has 1 aliphatic carbocycles. The average molecular weight is 209 g/mol. The van der Waals surface area contributed by atoms with E-state index in [4.69, 9.17) is 5.26 Å². The lowest BCUT2D eigenvalue weighted by molar-refractivity contribution is 0.264. The molecule has 0 atom stereocenters. The van der Waals surface area contributed by atoms with Gasteiger partial charge in [-0.25, -0.2) is 0 Å². The van der Waals surface area contributed by atoms with E-state index in [9.17, 15) is 0 Å². The van der Waals surface area contributed by atoms with Gasteiger partial charge in [0.2, 0.25) is 0 Å². The third-order valence-corrected chi connectivity index (χ3v) is 2.75. The van der Waals surface area contributed by atoms with Crippen LogP contribution in [0, 0.1) is 11.3 Å². The van der Waals surface area contributed by atoms with Crippen LogP contribution in [0.3, 0.4) is 0 Å². The van der Waals surface area contributed by atoms with Crippen molar-refractivity contribution in [2.24, 2.45) is 0 Å².